The summed E-state index contributed by atoms with van der Waals surface area (Å²) in [6, 6.07) is 13.4. The fourth-order valence-electron chi connectivity index (χ4n) is 2.24. The maximum Gasteiger partial charge on any atom is 0.267 e. The van der Waals surface area contributed by atoms with E-state index >= 15 is 0 Å². The molecule has 8 heteroatoms. The Labute approximate surface area is 153 Å². The normalized spacial score (nSPS) is 10.2. The summed E-state index contributed by atoms with van der Waals surface area (Å²) in [5.74, 6) is -0.454. The number of nitrogens with zero attached hydrogens (tertiary/aromatic N) is 4. The Morgan fingerprint density at radius 3 is 2.69 bits per heavy atom. The molecule has 3 rings (SSSR count). The van der Waals surface area contributed by atoms with Crippen molar-refractivity contribution < 1.29 is 4.79 Å². The van der Waals surface area contributed by atoms with E-state index in [9.17, 15) is 9.59 Å². The van der Waals surface area contributed by atoms with E-state index in [1.165, 1.54) is 24.5 Å². The van der Waals surface area contributed by atoms with E-state index in [4.69, 9.17) is 16.9 Å². The Morgan fingerprint density at radius 1 is 1.19 bits per heavy atom. The van der Waals surface area contributed by atoms with Crippen LogP contribution in [0.2, 0.25) is 5.02 Å². The highest BCUT2D eigenvalue weighted by molar-refractivity contribution is 6.30. The van der Waals surface area contributed by atoms with Gasteiger partial charge in [0.15, 0.2) is 0 Å². The van der Waals surface area contributed by atoms with Gasteiger partial charge in [0, 0.05) is 22.8 Å². The minimum Gasteiger partial charge on any atom is -0.323 e. The average molecular weight is 366 g/mol. The van der Waals surface area contributed by atoms with Crippen molar-refractivity contribution in [3.05, 3.63) is 75.8 Å². The van der Waals surface area contributed by atoms with Gasteiger partial charge in [0.1, 0.15) is 12.6 Å². The Kier molecular flexibility index (Phi) is 5.06. The molecule has 128 valence electrons. The third-order valence-corrected chi connectivity index (χ3v) is 3.70. The van der Waals surface area contributed by atoms with Crippen molar-refractivity contribution in [2.24, 2.45) is 0 Å². The second-order valence-corrected chi connectivity index (χ2v) is 5.78. The van der Waals surface area contributed by atoms with Crippen LogP contribution >= 0.6 is 11.6 Å². The van der Waals surface area contributed by atoms with Crippen molar-refractivity contribution in [1.29, 1.82) is 5.26 Å². The number of carbonyl (C=O) groups is 1. The van der Waals surface area contributed by atoms with Crippen LogP contribution in [0.4, 0.5) is 5.69 Å². The van der Waals surface area contributed by atoms with Gasteiger partial charge in [0.05, 0.1) is 23.1 Å². The fourth-order valence-corrected chi connectivity index (χ4v) is 2.37. The molecule has 0 saturated heterocycles. The van der Waals surface area contributed by atoms with Gasteiger partial charge >= 0.3 is 0 Å². The van der Waals surface area contributed by atoms with Crippen LogP contribution in [-0.4, -0.2) is 20.7 Å². The molecule has 0 radical (unpaired) electrons. The number of anilines is 1. The second-order valence-electron chi connectivity index (χ2n) is 5.34. The molecule has 0 spiro atoms. The molecule has 2 heterocycles. The molecule has 7 nitrogen and oxygen atoms in total. The Hall–Kier alpha value is -3.50. The zero-order valence-corrected chi connectivity index (χ0v) is 14.1. The molecule has 1 aromatic carbocycles. The van der Waals surface area contributed by atoms with Gasteiger partial charge in [0.2, 0.25) is 5.91 Å². The molecule has 0 bridgehead atoms. The van der Waals surface area contributed by atoms with E-state index in [1.807, 2.05) is 6.07 Å². The highest BCUT2D eigenvalue weighted by atomic mass is 35.5. The summed E-state index contributed by atoms with van der Waals surface area (Å²) in [4.78, 5) is 28.0. The van der Waals surface area contributed by atoms with Crippen molar-refractivity contribution >= 4 is 23.2 Å². The van der Waals surface area contributed by atoms with Crippen molar-refractivity contribution in [2.45, 2.75) is 6.54 Å². The number of benzene rings is 1. The summed E-state index contributed by atoms with van der Waals surface area (Å²) in [6.45, 7) is -0.267. The molecule has 26 heavy (non-hydrogen) atoms. The van der Waals surface area contributed by atoms with Gasteiger partial charge in [-0.1, -0.05) is 23.7 Å². The van der Waals surface area contributed by atoms with Gasteiger partial charge in [-0.25, -0.2) is 4.68 Å². The highest BCUT2D eigenvalue weighted by Crippen LogP contribution is 2.18. The first-order valence-electron chi connectivity index (χ1n) is 7.54. The Morgan fingerprint density at radius 2 is 1.96 bits per heavy atom. The van der Waals surface area contributed by atoms with Crippen LogP contribution in [0.3, 0.4) is 0 Å². The molecule has 0 aliphatic rings. The van der Waals surface area contributed by atoms with Crippen LogP contribution in [0, 0.1) is 11.3 Å². The third-order valence-electron chi connectivity index (χ3n) is 3.45. The average Bonchev–Trinajstić information content (AvgIpc) is 2.64. The van der Waals surface area contributed by atoms with Gasteiger partial charge in [-0.05, 0) is 24.3 Å². The third kappa shape index (κ3) is 4.12. The lowest BCUT2D eigenvalue weighted by Gasteiger charge is -2.08. The number of pyridine rings is 1. The van der Waals surface area contributed by atoms with Crippen LogP contribution in [0.1, 0.15) is 5.56 Å². The van der Waals surface area contributed by atoms with Gasteiger partial charge in [-0.3, -0.25) is 14.6 Å². The number of aromatic nitrogens is 3. The van der Waals surface area contributed by atoms with Gasteiger partial charge < -0.3 is 5.32 Å². The molecule has 1 amide bonds. The van der Waals surface area contributed by atoms with Crippen LogP contribution in [0.15, 0.2) is 59.7 Å². The summed E-state index contributed by atoms with van der Waals surface area (Å²) in [5, 5.41) is 16.3. The minimum atomic E-state index is -0.454. The molecule has 0 aliphatic heterocycles. The zero-order chi connectivity index (χ0) is 18.5. The summed E-state index contributed by atoms with van der Waals surface area (Å²) < 4.78 is 1.07. The molecule has 0 aliphatic carbocycles. The number of nitrogens with one attached hydrogen (secondary N) is 1. The smallest absolute Gasteiger partial charge is 0.267 e. The van der Waals surface area contributed by atoms with Crippen molar-refractivity contribution in [2.75, 3.05) is 5.32 Å². The van der Waals surface area contributed by atoms with Gasteiger partial charge in [-0.2, -0.15) is 10.4 Å². The lowest BCUT2D eigenvalue weighted by Crippen LogP contribution is -2.29. The van der Waals surface area contributed by atoms with Crippen molar-refractivity contribution in [1.82, 2.24) is 14.8 Å². The van der Waals surface area contributed by atoms with Crippen LogP contribution in [0.25, 0.3) is 11.3 Å². The first kappa shape index (κ1) is 17.3. The van der Waals surface area contributed by atoms with E-state index in [0.29, 0.717) is 22.0 Å². The van der Waals surface area contributed by atoms with E-state index in [0.717, 1.165) is 10.2 Å². The van der Waals surface area contributed by atoms with Crippen molar-refractivity contribution in [3.8, 4) is 17.3 Å². The first-order chi connectivity index (χ1) is 12.5. The van der Waals surface area contributed by atoms with Gasteiger partial charge in [0.25, 0.3) is 5.56 Å². The predicted molar refractivity (Wildman–Crippen MR) is 96.5 cm³/mol. The maximum absolute atomic E-state index is 12.2. The minimum absolute atomic E-state index is 0.267. The second kappa shape index (κ2) is 7.59. The first-order valence-corrected chi connectivity index (χ1v) is 7.92. The highest BCUT2D eigenvalue weighted by Gasteiger charge is 2.09. The largest absolute Gasteiger partial charge is 0.323 e. The van der Waals surface area contributed by atoms with E-state index in [-0.39, 0.29) is 6.54 Å². The molecule has 2 aromatic heterocycles. The Balaban J connectivity index is 1.79. The molecule has 0 unspecified atom stereocenters. The summed E-state index contributed by atoms with van der Waals surface area (Å²) >= 11 is 5.87. The number of amides is 1. The van der Waals surface area contributed by atoms with Crippen LogP contribution in [0.5, 0.6) is 0 Å². The number of hydrogen-bond acceptors (Lipinski definition) is 5. The molecule has 1 N–H and O–H groups in total. The number of carbonyl (C=O) groups excluding carboxylic acids is 1. The summed E-state index contributed by atoms with van der Waals surface area (Å²) in [7, 11) is 0. The van der Waals surface area contributed by atoms with E-state index in [1.54, 1.807) is 30.3 Å². The Bertz CT molecular complexity index is 1050. The molecule has 0 fully saturated rings. The maximum atomic E-state index is 12.2. The molecule has 3 aromatic rings. The fraction of sp³-hybridized carbons (Fsp3) is 0.0556. The standard InChI is InChI=1S/C18H12ClN5O2/c19-14-3-1-13(2-4-14)16-5-6-18(26)24(23-16)11-17(25)22-15-7-12(8-20)9-21-10-15/h1-7,9-10H,11H2,(H,22,25). The van der Waals surface area contributed by atoms with Gasteiger partial charge in [-0.15, -0.1) is 0 Å². The monoisotopic (exact) mass is 365 g/mol. The summed E-state index contributed by atoms with van der Waals surface area (Å²) in [6.07, 6.45) is 2.80. The van der Waals surface area contributed by atoms with Crippen molar-refractivity contribution in [3.63, 3.8) is 0 Å². The predicted octanol–water partition coefficient (Wildman–Crippen LogP) is 2.47. The number of hydrogen-bond donors (Lipinski definition) is 1. The van der Waals surface area contributed by atoms with Crippen LogP contribution in [-0.2, 0) is 11.3 Å². The molecule has 0 saturated carbocycles. The molecule has 0 atom stereocenters. The summed E-state index contributed by atoms with van der Waals surface area (Å²) in [5.41, 5.74) is 1.61. The van der Waals surface area contributed by atoms with E-state index < -0.39 is 11.5 Å². The number of rotatable bonds is 4. The lowest BCUT2D eigenvalue weighted by molar-refractivity contribution is -0.117. The lowest BCUT2D eigenvalue weighted by atomic mass is 10.1. The quantitative estimate of drug-likeness (QED) is 0.765. The molecular weight excluding hydrogens is 354 g/mol. The molecular formula is C18H12ClN5O2. The number of halogens is 1. The SMILES string of the molecule is N#Cc1cncc(NC(=O)Cn2nc(-c3ccc(Cl)cc3)ccc2=O)c1. The van der Waals surface area contributed by atoms with E-state index in [2.05, 4.69) is 15.4 Å². The number of nitriles is 1. The van der Waals surface area contributed by atoms with Crippen LogP contribution < -0.4 is 10.9 Å². The zero-order valence-electron chi connectivity index (χ0n) is 13.4. The topological polar surface area (TPSA) is 101 Å².